The van der Waals surface area contributed by atoms with Gasteiger partial charge in [-0.3, -0.25) is 9.78 Å². The molecule has 4 heteroatoms. The van der Waals surface area contributed by atoms with E-state index in [2.05, 4.69) is 30.7 Å². The van der Waals surface area contributed by atoms with Crippen molar-refractivity contribution in [3.63, 3.8) is 0 Å². The molecule has 0 saturated carbocycles. The van der Waals surface area contributed by atoms with E-state index in [4.69, 9.17) is 0 Å². The van der Waals surface area contributed by atoms with Crippen LogP contribution in [0.25, 0.3) is 0 Å². The van der Waals surface area contributed by atoms with E-state index in [1.165, 1.54) is 0 Å². The Morgan fingerprint density at radius 3 is 2.63 bits per heavy atom. The van der Waals surface area contributed by atoms with E-state index >= 15 is 0 Å². The first-order valence-corrected chi connectivity index (χ1v) is 7.14. The predicted octanol–water partition coefficient (Wildman–Crippen LogP) is 3.57. The molecule has 0 aliphatic rings. The molecule has 0 amide bonds. The smallest absolute Gasteiger partial charge is 0.171 e. The molecule has 100 valence electrons. The molecule has 0 N–H and O–H groups in total. The number of Topliss-reactive ketones (excluding diaryl/α,β-unsaturated/α-hetero) is 1. The highest BCUT2D eigenvalue weighted by Crippen LogP contribution is 2.24. The Kier molecular flexibility index (Phi) is 3.80. The van der Waals surface area contributed by atoms with Crippen LogP contribution in [0.15, 0.2) is 23.8 Å². The van der Waals surface area contributed by atoms with E-state index in [9.17, 15) is 4.79 Å². The van der Waals surface area contributed by atoms with E-state index in [0.717, 1.165) is 16.3 Å². The van der Waals surface area contributed by atoms with Crippen LogP contribution in [0, 0.1) is 6.92 Å². The van der Waals surface area contributed by atoms with Gasteiger partial charge in [0.15, 0.2) is 5.78 Å². The average molecular weight is 274 g/mol. The van der Waals surface area contributed by atoms with Gasteiger partial charge in [-0.1, -0.05) is 20.8 Å². The van der Waals surface area contributed by atoms with E-state index in [1.54, 1.807) is 23.7 Å². The summed E-state index contributed by atoms with van der Waals surface area (Å²) in [5.74, 6) is 0.0750. The van der Waals surface area contributed by atoms with Gasteiger partial charge in [0.2, 0.25) is 0 Å². The van der Waals surface area contributed by atoms with Crippen LogP contribution in [0.1, 0.15) is 47.4 Å². The second-order valence-corrected chi connectivity index (χ2v) is 6.67. The molecule has 0 unspecified atom stereocenters. The van der Waals surface area contributed by atoms with Gasteiger partial charge in [0, 0.05) is 28.8 Å². The molecule has 0 atom stereocenters. The molecule has 0 aromatic carbocycles. The summed E-state index contributed by atoms with van der Waals surface area (Å²) in [5.41, 5.74) is 2.73. The maximum atomic E-state index is 12.2. The number of thiazole rings is 1. The fraction of sp³-hybridized carbons (Fsp3) is 0.400. The number of hydrogen-bond acceptors (Lipinski definition) is 4. The molecule has 2 rings (SSSR count). The molecule has 0 radical (unpaired) electrons. The third-order valence-corrected chi connectivity index (χ3v) is 3.68. The lowest BCUT2D eigenvalue weighted by Gasteiger charge is -2.14. The molecular weight excluding hydrogens is 256 g/mol. The lowest BCUT2D eigenvalue weighted by molar-refractivity contribution is 0.0992. The summed E-state index contributed by atoms with van der Waals surface area (Å²) >= 11 is 1.55. The Hall–Kier alpha value is -1.55. The van der Waals surface area contributed by atoms with Crippen LogP contribution in [0.4, 0.5) is 0 Å². The van der Waals surface area contributed by atoms with Crippen molar-refractivity contribution in [2.24, 2.45) is 0 Å². The van der Waals surface area contributed by atoms with Gasteiger partial charge in [-0.2, -0.15) is 0 Å². The monoisotopic (exact) mass is 274 g/mol. The third-order valence-electron chi connectivity index (χ3n) is 2.83. The maximum absolute atomic E-state index is 12.2. The molecule has 2 aromatic rings. The van der Waals surface area contributed by atoms with Crippen molar-refractivity contribution >= 4 is 17.1 Å². The Morgan fingerprint density at radius 2 is 2.05 bits per heavy atom. The average Bonchev–Trinajstić information content (AvgIpc) is 2.77. The van der Waals surface area contributed by atoms with Crippen molar-refractivity contribution < 1.29 is 4.79 Å². The zero-order valence-electron chi connectivity index (χ0n) is 11.7. The number of carbonyl (C=O) groups is 1. The van der Waals surface area contributed by atoms with Crippen LogP contribution in [-0.4, -0.2) is 15.8 Å². The highest BCUT2D eigenvalue weighted by atomic mass is 32.1. The largest absolute Gasteiger partial charge is 0.294 e. The normalized spacial score (nSPS) is 11.6. The van der Waals surface area contributed by atoms with Crippen molar-refractivity contribution in [2.75, 3.05) is 0 Å². The number of rotatable bonds is 3. The minimum Gasteiger partial charge on any atom is -0.294 e. The zero-order chi connectivity index (χ0) is 14.0. The van der Waals surface area contributed by atoms with Gasteiger partial charge in [0.1, 0.15) is 5.01 Å². The first-order chi connectivity index (χ1) is 8.86. The number of pyridine rings is 1. The van der Waals surface area contributed by atoms with Gasteiger partial charge in [0.25, 0.3) is 0 Å². The number of hydrogen-bond donors (Lipinski definition) is 0. The number of aromatic nitrogens is 2. The highest BCUT2D eigenvalue weighted by Gasteiger charge is 2.18. The molecular formula is C15H18N2OS. The summed E-state index contributed by atoms with van der Waals surface area (Å²) in [6.45, 7) is 8.30. The van der Waals surface area contributed by atoms with E-state index in [0.29, 0.717) is 12.0 Å². The second-order valence-electron chi connectivity index (χ2n) is 5.73. The third kappa shape index (κ3) is 3.47. The molecule has 2 aromatic heterocycles. The molecule has 0 saturated heterocycles. The predicted molar refractivity (Wildman–Crippen MR) is 77.8 cm³/mol. The summed E-state index contributed by atoms with van der Waals surface area (Å²) < 4.78 is 0. The van der Waals surface area contributed by atoms with Gasteiger partial charge in [-0.15, -0.1) is 11.3 Å². The minimum absolute atomic E-state index is 0.0304. The highest BCUT2D eigenvalue weighted by molar-refractivity contribution is 7.09. The molecule has 0 fully saturated rings. The fourth-order valence-electron chi connectivity index (χ4n) is 1.68. The molecule has 2 heterocycles. The lowest BCUT2D eigenvalue weighted by Crippen LogP contribution is -2.12. The van der Waals surface area contributed by atoms with Crippen molar-refractivity contribution in [3.8, 4) is 0 Å². The first kappa shape index (κ1) is 13.9. The standard InChI is InChI=1S/C15H18N2OS/c1-10-5-11(8-16-7-10)12(18)6-14-17-13(9-19-14)15(2,3)4/h5,7-9H,6H2,1-4H3. The summed E-state index contributed by atoms with van der Waals surface area (Å²) in [5, 5.41) is 2.91. The Labute approximate surface area is 117 Å². The van der Waals surface area contributed by atoms with Crippen molar-refractivity contribution in [3.05, 3.63) is 45.7 Å². The SMILES string of the molecule is Cc1cncc(C(=O)Cc2nc(C(C)(C)C)cs2)c1. The quantitative estimate of drug-likeness (QED) is 0.804. The zero-order valence-corrected chi connectivity index (χ0v) is 12.5. The van der Waals surface area contributed by atoms with Gasteiger partial charge >= 0.3 is 0 Å². The van der Waals surface area contributed by atoms with Crippen LogP contribution in [0.5, 0.6) is 0 Å². The van der Waals surface area contributed by atoms with E-state index in [-0.39, 0.29) is 11.2 Å². The Morgan fingerprint density at radius 1 is 1.32 bits per heavy atom. The molecule has 0 aliphatic carbocycles. The van der Waals surface area contributed by atoms with E-state index < -0.39 is 0 Å². The van der Waals surface area contributed by atoms with Crippen LogP contribution < -0.4 is 0 Å². The molecule has 19 heavy (non-hydrogen) atoms. The second kappa shape index (κ2) is 5.21. The topological polar surface area (TPSA) is 42.9 Å². The van der Waals surface area contributed by atoms with E-state index in [1.807, 2.05) is 18.4 Å². The molecule has 0 aliphatic heterocycles. The Bertz CT molecular complexity index is 596. The van der Waals surface area contributed by atoms with Gasteiger partial charge in [-0.25, -0.2) is 4.98 Å². The molecule has 3 nitrogen and oxygen atoms in total. The first-order valence-electron chi connectivity index (χ1n) is 6.26. The number of ketones is 1. The van der Waals surface area contributed by atoms with Crippen molar-refractivity contribution in [1.82, 2.24) is 9.97 Å². The van der Waals surface area contributed by atoms with Gasteiger partial charge < -0.3 is 0 Å². The van der Waals surface area contributed by atoms with Crippen LogP contribution >= 0.6 is 11.3 Å². The molecule has 0 bridgehead atoms. The van der Waals surface area contributed by atoms with Crippen LogP contribution in [0.2, 0.25) is 0 Å². The Balaban J connectivity index is 2.13. The lowest BCUT2D eigenvalue weighted by atomic mass is 9.93. The number of nitrogens with zero attached hydrogens (tertiary/aromatic N) is 2. The summed E-state index contributed by atoms with van der Waals surface area (Å²) in [4.78, 5) is 20.8. The molecule has 0 spiro atoms. The van der Waals surface area contributed by atoms with Crippen molar-refractivity contribution in [1.29, 1.82) is 0 Å². The summed E-state index contributed by atoms with van der Waals surface area (Å²) in [6.07, 6.45) is 3.72. The van der Waals surface area contributed by atoms with Crippen LogP contribution in [-0.2, 0) is 11.8 Å². The summed E-state index contributed by atoms with van der Waals surface area (Å²) in [7, 11) is 0. The minimum atomic E-state index is 0.0304. The van der Waals surface area contributed by atoms with Gasteiger partial charge in [0.05, 0.1) is 12.1 Å². The van der Waals surface area contributed by atoms with Gasteiger partial charge in [-0.05, 0) is 18.6 Å². The summed E-state index contributed by atoms with van der Waals surface area (Å²) in [6, 6.07) is 1.87. The maximum Gasteiger partial charge on any atom is 0.171 e. The number of carbonyl (C=O) groups excluding carboxylic acids is 1. The van der Waals surface area contributed by atoms with Crippen LogP contribution in [0.3, 0.4) is 0 Å². The van der Waals surface area contributed by atoms with Crippen molar-refractivity contribution in [2.45, 2.75) is 39.5 Å². The fourth-order valence-corrected chi connectivity index (χ4v) is 2.70. The number of aryl methyl sites for hydroxylation is 1.